The molecule has 0 saturated heterocycles. The molecule has 2 N–H and O–H groups in total. The summed E-state index contributed by atoms with van der Waals surface area (Å²) in [5, 5.41) is 9.72. The summed E-state index contributed by atoms with van der Waals surface area (Å²) < 4.78 is 16.8. The predicted octanol–water partition coefficient (Wildman–Crippen LogP) is 3.84. The lowest BCUT2D eigenvalue weighted by molar-refractivity contribution is 0.325. The van der Waals surface area contributed by atoms with Gasteiger partial charge in [0.15, 0.2) is 0 Å². The normalized spacial score (nSPS) is 10.6. The SMILES string of the molecule is COc1ccc(Oc2cc(N(C)CCOc3ccc(Cc4sc(=O)[nH]c4O)cc3)ncn2)cc1. The third-order valence-electron chi connectivity index (χ3n) is 4.98. The van der Waals surface area contributed by atoms with Gasteiger partial charge in [-0.05, 0) is 42.0 Å². The number of nitrogens with one attached hydrogen (secondary N) is 1. The Bertz CT molecular complexity index is 1270. The van der Waals surface area contributed by atoms with E-state index in [0.29, 0.717) is 41.9 Å². The first kappa shape index (κ1) is 23.1. The highest BCUT2D eigenvalue weighted by molar-refractivity contribution is 7.09. The Morgan fingerprint density at radius 3 is 2.41 bits per heavy atom. The minimum absolute atomic E-state index is 0.0689. The van der Waals surface area contributed by atoms with Crippen LogP contribution in [0.1, 0.15) is 10.4 Å². The number of rotatable bonds is 10. The van der Waals surface area contributed by atoms with Gasteiger partial charge in [-0.2, -0.15) is 0 Å². The average molecular weight is 481 g/mol. The zero-order chi connectivity index (χ0) is 23.9. The number of hydrogen-bond acceptors (Lipinski definition) is 9. The van der Waals surface area contributed by atoms with Gasteiger partial charge in [-0.1, -0.05) is 23.5 Å². The lowest BCUT2D eigenvalue weighted by atomic mass is 10.1. The third kappa shape index (κ3) is 6.04. The van der Waals surface area contributed by atoms with E-state index in [-0.39, 0.29) is 10.8 Å². The number of benzene rings is 2. The number of aromatic nitrogens is 3. The molecular formula is C24H24N4O5S. The van der Waals surface area contributed by atoms with Crippen molar-refractivity contribution >= 4 is 17.2 Å². The number of aromatic amines is 1. The van der Waals surface area contributed by atoms with Gasteiger partial charge < -0.3 is 24.2 Å². The Kier molecular flexibility index (Phi) is 7.28. The Morgan fingerprint density at radius 1 is 1.03 bits per heavy atom. The predicted molar refractivity (Wildman–Crippen MR) is 130 cm³/mol. The van der Waals surface area contributed by atoms with Crippen molar-refractivity contribution in [2.75, 3.05) is 32.2 Å². The maximum absolute atomic E-state index is 11.3. The molecule has 0 amide bonds. The fraction of sp³-hybridized carbons (Fsp3) is 0.208. The minimum Gasteiger partial charge on any atom is -0.497 e. The van der Waals surface area contributed by atoms with Crippen LogP contribution in [-0.4, -0.2) is 47.4 Å². The van der Waals surface area contributed by atoms with Crippen molar-refractivity contribution in [3.05, 3.63) is 81.0 Å². The van der Waals surface area contributed by atoms with Crippen molar-refractivity contribution in [3.8, 4) is 29.0 Å². The summed E-state index contributed by atoms with van der Waals surface area (Å²) in [7, 11) is 3.53. The van der Waals surface area contributed by atoms with Crippen molar-refractivity contribution in [2.24, 2.45) is 0 Å². The lowest BCUT2D eigenvalue weighted by Crippen LogP contribution is -2.24. The molecule has 0 radical (unpaired) electrons. The van der Waals surface area contributed by atoms with Gasteiger partial charge in [-0.25, -0.2) is 9.97 Å². The van der Waals surface area contributed by atoms with E-state index in [1.807, 2.05) is 60.5 Å². The Balaban J connectivity index is 1.28. The van der Waals surface area contributed by atoms with Crippen LogP contribution in [0.2, 0.25) is 0 Å². The lowest BCUT2D eigenvalue weighted by Gasteiger charge is -2.18. The van der Waals surface area contributed by atoms with Gasteiger partial charge in [-0.15, -0.1) is 0 Å². The number of methoxy groups -OCH3 is 1. The topological polar surface area (TPSA) is 110 Å². The van der Waals surface area contributed by atoms with Crippen molar-refractivity contribution < 1.29 is 19.3 Å². The first-order chi connectivity index (χ1) is 16.5. The van der Waals surface area contributed by atoms with Gasteiger partial charge in [-0.3, -0.25) is 9.78 Å². The van der Waals surface area contributed by atoms with Gasteiger partial charge >= 0.3 is 4.87 Å². The first-order valence-corrected chi connectivity index (χ1v) is 11.3. The molecule has 0 unspecified atom stereocenters. The fourth-order valence-corrected chi connectivity index (χ4v) is 3.89. The van der Waals surface area contributed by atoms with Crippen LogP contribution < -0.4 is 24.0 Å². The average Bonchev–Trinajstić information content (AvgIpc) is 3.17. The third-order valence-corrected chi connectivity index (χ3v) is 5.86. The summed E-state index contributed by atoms with van der Waals surface area (Å²) in [6.07, 6.45) is 1.94. The Labute approximate surface area is 200 Å². The van der Waals surface area contributed by atoms with Crippen LogP contribution in [0.5, 0.6) is 29.0 Å². The molecule has 176 valence electrons. The maximum Gasteiger partial charge on any atom is 0.307 e. The van der Waals surface area contributed by atoms with Crippen LogP contribution in [-0.2, 0) is 6.42 Å². The Morgan fingerprint density at radius 2 is 1.74 bits per heavy atom. The highest BCUT2D eigenvalue weighted by Gasteiger charge is 2.09. The molecule has 0 bridgehead atoms. The molecule has 2 aromatic carbocycles. The molecule has 0 saturated carbocycles. The monoisotopic (exact) mass is 480 g/mol. The standard InChI is InChI=1S/C24H24N4O5S/c1-28(21-14-22(26-15-25-21)33-19-9-7-17(31-2)8-10-19)11-12-32-18-5-3-16(4-6-18)13-20-23(29)27-24(30)34-20/h3-10,14-15,29H,11-13H2,1-2H3,(H,27,30). The number of H-pyrrole nitrogens is 1. The molecular weight excluding hydrogens is 456 g/mol. The summed E-state index contributed by atoms with van der Waals surface area (Å²) >= 11 is 1.01. The molecule has 2 aromatic heterocycles. The van der Waals surface area contributed by atoms with Gasteiger partial charge in [0, 0.05) is 19.5 Å². The van der Waals surface area contributed by atoms with E-state index >= 15 is 0 Å². The zero-order valence-electron chi connectivity index (χ0n) is 18.7. The van der Waals surface area contributed by atoms with Crippen molar-refractivity contribution in [3.63, 3.8) is 0 Å². The molecule has 10 heteroatoms. The molecule has 0 aliphatic carbocycles. The van der Waals surface area contributed by atoms with E-state index in [1.165, 1.54) is 6.33 Å². The van der Waals surface area contributed by atoms with Crippen LogP contribution in [0.15, 0.2) is 65.7 Å². The summed E-state index contributed by atoms with van der Waals surface area (Å²) in [5.74, 6) is 3.22. The van der Waals surface area contributed by atoms with Crippen LogP contribution in [0, 0.1) is 0 Å². The molecule has 0 aliphatic heterocycles. The highest BCUT2D eigenvalue weighted by Crippen LogP contribution is 2.24. The Hall–Kier alpha value is -4.05. The molecule has 2 heterocycles. The van der Waals surface area contributed by atoms with Crippen molar-refractivity contribution in [2.45, 2.75) is 6.42 Å². The van der Waals surface area contributed by atoms with Crippen molar-refractivity contribution in [1.82, 2.24) is 15.0 Å². The van der Waals surface area contributed by atoms with E-state index < -0.39 is 0 Å². The minimum atomic E-state index is -0.264. The van der Waals surface area contributed by atoms with Gasteiger partial charge in [0.25, 0.3) is 0 Å². The number of hydrogen-bond donors (Lipinski definition) is 2. The second kappa shape index (κ2) is 10.7. The molecule has 0 fully saturated rings. The molecule has 34 heavy (non-hydrogen) atoms. The molecule has 4 aromatic rings. The number of thiazole rings is 1. The summed E-state index contributed by atoms with van der Waals surface area (Å²) in [5.41, 5.74) is 0.973. The molecule has 0 spiro atoms. The van der Waals surface area contributed by atoms with E-state index in [9.17, 15) is 9.90 Å². The highest BCUT2D eigenvalue weighted by atomic mass is 32.1. The van der Waals surface area contributed by atoms with Gasteiger partial charge in [0.1, 0.15) is 36.0 Å². The second-order valence-electron chi connectivity index (χ2n) is 7.37. The van der Waals surface area contributed by atoms with Crippen LogP contribution in [0.4, 0.5) is 5.82 Å². The van der Waals surface area contributed by atoms with E-state index in [2.05, 4.69) is 15.0 Å². The summed E-state index contributed by atoms with van der Waals surface area (Å²) in [6, 6.07) is 16.6. The van der Waals surface area contributed by atoms with Crippen LogP contribution >= 0.6 is 11.3 Å². The van der Waals surface area contributed by atoms with Gasteiger partial charge in [0.2, 0.25) is 11.8 Å². The molecule has 0 atom stereocenters. The largest absolute Gasteiger partial charge is 0.497 e. The smallest absolute Gasteiger partial charge is 0.307 e. The van der Waals surface area contributed by atoms with E-state index in [0.717, 1.165) is 28.4 Å². The first-order valence-electron chi connectivity index (χ1n) is 10.5. The molecule has 9 nitrogen and oxygen atoms in total. The van der Waals surface area contributed by atoms with E-state index in [1.54, 1.807) is 13.2 Å². The van der Waals surface area contributed by atoms with E-state index in [4.69, 9.17) is 14.2 Å². The van der Waals surface area contributed by atoms with Crippen molar-refractivity contribution in [1.29, 1.82) is 0 Å². The summed E-state index contributed by atoms with van der Waals surface area (Å²) in [4.78, 5) is 24.5. The fourth-order valence-electron chi connectivity index (χ4n) is 3.13. The quantitative estimate of drug-likeness (QED) is 0.352. The molecule has 0 aliphatic rings. The zero-order valence-corrected chi connectivity index (χ0v) is 19.5. The maximum atomic E-state index is 11.3. The van der Waals surface area contributed by atoms with Crippen LogP contribution in [0.25, 0.3) is 0 Å². The number of anilines is 1. The number of likely N-dealkylation sites (N-methyl/N-ethyl adjacent to an activating group) is 1. The number of ether oxygens (including phenoxy) is 3. The number of nitrogens with zero attached hydrogens (tertiary/aromatic N) is 3. The van der Waals surface area contributed by atoms with Crippen LogP contribution in [0.3, 0.4) is 0 Å². The second-order valence-corrected chi connectivity index (χ2v) is 8.44. The molecule has 4 rings (SSSR count). The number of aromatic hydroxyl groups is 1. The summed E-state index contributed by atoms with van der Waals surface area (Å²) in [6.45, 7) is 1.06. The van der Waals surface area contributed by atoms with Gasteiger partial charge in [0.05, 0.1) is 18.5 Å².